The molecule has 0 spiro atoms. The predicted molar refractivity (Wildman–Crippen MR) is 43.8 cm³/mol. The van der Waals surface area contributed by atoms with Crippen molar-refractivity contribution in [1.29, 1.82) is 0 Å². The van der Waals surface area contributed by atoms with E-state index in [1.807, 2.05) is 7.05 Å². The van der Waals surface area contributed by atoms with Crippen molar-refractivity contribution in [3.63, 3.8) is 0 Å². The van der Waals surface area contributed by atoms with Crippen LogP contribution >= 0.6 is 0 Å². The maximum atomic E-state index is 5.63. The molecule has 60 valence electrons. The smallest absolute Gasteiger partial charge is 0.000880 e. The van der Waals surface area contributed by atoms with Crippen LogP contribution in [0.5, 0.6) is 0 Å². The highest BCUT2D eigenvalue weighted by atomic mass is 14.8. The Labute approximate surface area is 63.2 Å². The lowest BCUT2D eigenvalue weighted by Crippen LogP contribution is -2.35. The van der Waals surface area contributed by atoms with E-state index in [1.165, 1.54) is 19.3 Å². The van der Waals surface area contributed by atoms with E-state index in [1.54, 1.807) is 0 Å². The zero-order chi connectivity index (χ0) is 7.40. The normalized spacial score (nSPS) is 22.2. The maximum Gasteiger partial charge on any atom is -0.000880 e. The summed E-state index contributed by atoms with van der Waals surface area (Å²) in [6.07, 6.45) is 4.23. The average molecular weight is 142 g/mol. The lowest BCUT2D eigenvalue weighted by Gasteiger charge is -2.32. The minimum absolute atomic E-state index is 0.735. The Bertz CT molecular complexity index is 89.3. The van der Waals surface area contributed by atoms with Crippen LogP contribution in [0, 0.1) is 11.8 Å². The quantitative estimate of drug-likeness (QED) is 0.602. The molecule has 10 heavy (non-hydrogen) atoms. The molecule has 0 aliphatic heterocycles. The molecular formula is C8H18N2. The van der Waals surface area contributed by atoms with Gasteiger partial charge in [-0.1, -0.05) is 19.3 Å². The first-order valence-electron chi connectivity index (χ1n) is 4.23. The van der Waals surface area contributed by atoms with Crippen LogP contribution in [-0.4, -0.2) is 20.1 Å². The van der Waals surface area contributed by atoms with Gasteiger partial charge in [-0.05, 0) is 32.0 Å². The first-order valence-corrected chi connectivity index (χ1v) is 4.23. The standard InChI is InChI=1S/C8H18N2/c1-10-6-8(5-9)7-3-2-4-7/h7-8,10H,2-6,9H2,1H3. The van der Waals surface area contributed by atoms with Crippen LogP contribution < -0.4 is 11.1 Å². The Morgan fingerprint density at radius 2 is 2.30 bits per heavy atom. The largest absolute Gasteiger partial charge is 0.330 e. The first kappa shape index (κ1) is 8.02. The first-order chi connectivity index (χ1) is 4.88. The monoisotopic (exact) mass is 142 g/mol. The molecule has 0 heterocycles. The minimum Gasteiger partial charge on any atom is -0.330 e. The molecule has 1 aliphatic carbocycles. The Kier molecular flexibility index (Phi) is 3.16. The fraction of sp³-hybridized carbons (Fsp3) is 1.00. The topological polar surface area (TPSA) is 38.0 Å². The highest BCUT2D eigenvalue weighted by Gasteiger charge is 2.25. The summed E-state index contributed by atoms with van der Waals surface area (Å²) in [5.41, 5.74) is 5.63. The second kappa shape index (κ2) is 3.94. The van der Waals surface area contributed by atoms with Crippen LogP contribution in [0.1, 0.15) is 19.3 Å². The molecule has 3 N–H and O–H groups in total. The van der Waals surface area contributed by atoms with E-state index in [0.717, 1.165) is 24.9 Å². The van der Waals surface area contributed by atoms with Gasteiger partial charge in [0.2, 0.25) is 0 Å². The summed E-state index contributed by atoms with van der Waals surface area (Å²) in [7, 11) is 2.00. The lowest BCUT2D eigenvalue weighted by molar-refractivity contribution is 0.208. The third-order valence-corrected chi connectivity index (χ3v) is 2.59. The van der Waals surface area contributed by atoms with Crippen molar-refractivity contribution in [1.82, 2.24) is 5.32 Å². The van der Waals surface area contributed by atoms with Crippen molar-refractivity contribution in [2.24, 2.45) is 17.6 Å². The van der Waals surface area contributed by atoms with Gasteiger partial charge in [0.15, 0.2) is 0 Å². The molecular weight excluding hydrogens is 124 g/mol. The molecule has 0 radical (unpaired) electrons. The van der Waals surface area contributed by atoms with Crippen molar-refractivity contribution in [3.8, 4) is 0 Å². The maximum absolute atomic E-state index is 5.63. The molecule has 1 fully saturated rings. The van der Waals surface area contributed by atoms with E-state index in [9.17, 15) is 0 Å². The second-order valence-electron chi connectivity index (χ2n) is 3.24. The lowest BCUT2D eigenvalue weighted by atomic mass is 9.76. The summed E-state index contributed by atoms with van der Waals surface area (Å²) < 4.78 is 0. The molecule has 0 aromatic heterocycles. The molecule has 1 unspecified atom stereocenters. The number of nitrogens with two attached hydrogens (primary N) is 1. The minimum atomic E-state index is 0.735. The molecule has 2 heteroatoms. The summed E-state index contributed by atoms with van der Waals surface area (Å²) in [4.78, 5) is 0. The summed E-state index contributed by atoms with van der Waals surface area (Å²) in [6.45, 7) is 1.95. The van der Waals surface area contributed by atoms with E-state index < -0.39 is 0 Å². The van der Waals surface area contributed by atoms with E-state index in [-0.39, 0.29) is 0 Å². The van der Waals surface area contributed by atoms with Crippen molar-refractivity contribution < 1.29 is 0 Å². The Morgan fingerprint density at radius 1 is 1.60 bits per heavy atom. The van der Waals surface area contributed by atoms with Crippen molar-refractivity contribution in [2.75, 3.05) is 20.1 Å². The Hall–Kier alpha value is -0.0800. The van der Waals surface area contributed by atoms with E-state index in [2.05, 4.69) is 5.32 Å². The summed E-state index contributed by atoms with van der Waals surface area (Å²) in [5, 5.41) is 3.19. The van der Waals surface area contributed by atoms with Gasteiger partial charge in [0.1, 0.15) is 0 Å². The molecule has 1 aliphatic rings. The molecule has 0 aromatic rings. The van der Waals surface area contributed by atoms with E-state index in [0.29, 0.717) is 0 Å². The average Bonchev–Trinajstić information content (AvgIpc) is 1.83. The summed E-state index contributed by atoms with van der Waals surface area (Å²) in [6, 6.07) is 0. The van der Waals surface area contributed by atoms with Gasteiger partial charge in [0.05, 0.1) is 0 Å². The molecule has 1 rings (SSSR count). The van der Waals surface area contributed by atoms with Gasteiger partial charge in [-0.25, -0.2) is 0 Å². The third kappa shape index (κ3) is 1.70. The molecule has 0 saturated heterocycles. The van der Waals surface area contributed by atoms with Crippen LogP contribution in [0.2, 0.25) is 0 Å². The number of hydrogen-bond donors (Lipinski definition) is 2. The molecule has 2 nitrogen and oxygen atoms in total. The molecule has 0 amide bonds. The zero-order valence-corrected chi connectivity index (χ0v) is 6.77. The molecule has 1 atom stereocenters. The highest BCUT2D eigenvalue weighted by Crippen LogP contribution is 2.32. The number of nitrogens with one attached hydrogen (secondary N) is 1. The van der Waals surface area contributed by atoms with Gasteiger partial charge >= 0.3 is 0 Å². The van der Waals surface area contributed by atoms with Gasteiger partial charge in [-0.3, -0.25) is 0 Å². The predicted octanol–water partition coefficient (Wildman–Crippen LogP) is 0.581. The van der Waals surface area contributed by atoms with Crippen molar-refractivity contribution in [2.45, 2.75) is 19.3 Å². The Balaban J connectivity index is 2.17. The third-order valence-electron chi connectivity index (χ3n) is 2.59. The number of hydrogen-bond acceptors (Lipinski definition) is 2. The van der Waals surface area contributed by atoms with Crippen LogP contribution in [0.3, 0.4) is 0 Å². The second-order valence-corrected chi connectivity index (χ2v) is 3.24. The van der Waals surface area contributed by atoms with Crippen molar-refractivity contribution in [3.05, 3.63) is 0 Å². The van der Waals surface area contributed by atoms with Crippen LogP contribution in [0.15, 0.2) is 0 Å². The van der Waals surface area contributed by atoms with Gasteiger partial charge in [0, 0.05) is 0 Å². The summed E-state index contributed by atoms with van der Waals surface area (Å²) in [5.74, 6) is 1.66. The Morgan fingerprint density at radius 3 is 2.60 bits per heavy atom. The fourth-order valence-corrected chi connectivity index (χ4v) is 1.62. The van der Waals surface area contributed by atoms with Gasteiger partial charge in [0.25, 0.3) is 0 Å². The molecule has 0 bridgehead atoms. The highest BCUT2D eigenvalue weighted by molar-refractivity contribution is 4.79. The van der Waals surface area contributed by atoms with Gasteiger partial charge < -0.3 is 11.1 Å². The van der Waals surface area contributed by atoms with Gasteiger partial charge in [-0.15, -0.1) is 0 Å². The van der Waals surface area contributed by atoms with Crippen LogP contribution in [0.25, 0.3) is 0 Å². The summed E-state index contributed by atoms with van der Waals surface area (Å²) >= 11 is 0. The SMILES string of the molecule is CNCC(CN)C1CCC1. The van der Waals surface area contributed by atoms with Crippen LogP contribution in [-0.2, 0) is 0 Å². The zero-order valence-electron chi connectivity index (χ0n) is 6.77. The van der Waals surface area contributed by atoms with Crippen molar-refractivity contribution >= 4 is 0 Å². The van der Waals surface area contributed by atoms with E-state index in [4.69, 9.17) is 5.73 Å². The molecule has 0 aromatic carbocycles. The van der Waals surface area contributed by atoms with Gasteiger partial charge in [-0.2, -0.15) is 0 Å². The molecule has 1 saturated carbocycles. The number of rotatable bonds is 4. The fourth-order valence-electron chi connectivity index (χ4n) is 1.62. The van der Waals surface area contributed by atoms with E-state index >= 15 is 0 Å². The van der Waals surface area contributed by atoms with Crippen LogP contribution in [0.4, 0.5) is 0 Å².